The monoisotopic (exact) mass is 352 g/mol. The number of hydrogen-bond acceptors (Lipinski definition) is 2. The first-order valence-electron chi connectivity index (χ1n) is 8.37. The summed E-state index contributed by atoms with van der Waals surface area (Å²) < 4.78 is 21.0. The predicted octanol–water partition coefficient (Wildman–Crippen LogP) is 4.00. The van der Waals surface area contributed by atoms with Crippen molar-refractivity contribution in [2.24, 2.45) is 0 Å². The minimum atomic E-state index is -0.312. The second kappa shape index (κ2) is 7.87. The topological polar surface area (TPSA) is 34.5 Å². The molecule has 5 heteroatoms. The SMILES string of the molecule is C=CCN(Cc1ccccc1F)C(=O)Cn1ccc2cc(OC)ccc21. The third-order valence-corrected chi connectivity index (χ3v) is 4.31. The normalized spacial score (nSPS) is 10.7. The Labute approximate surface area is 152 Å². The Balaban J connectivity index is 1.80. The number of methoxy groups -OCH3 is 1. The Kier molecular flexibility index (Phi) is 5.37. The number of ether oxygens (including phenoxy) is 1. The number of aromatic nitrogens is 1. The molecule has 134 valence electrons. The number of halogens is 1. The summed E-state index contributed by atoms with van der Waals surface area (Å²) in [6.07, 6.45) is 3.52. The van der Waals surface area contributed by atoms with Crippen LogP contribution < -0.4 is 4.74 Å². The van der Waals surface area contributed by atoms with Crippen molar-refractivity contribution < 1.29 is 13.9 Å². The molecule has 0 saturated carbocycles. The minimum Gasteiger partial charge on any atom is -0.497 e. The zero-order valence-corrected chi connectivity index (χ0v) is 14.7. The van der Waals surface area contributed by atoms with E-state index in [0.29, 0.717) is 12.1 Å². The highest BCUT2D eigenvalue weighted by Crippen LogP contribution is 2.22. The highest BCUT2D eigenvalue weighted by Gasteiger charge is 2.16. The standard InChI is InChI=1S/C21H21FN2O2/c1-3-11-24(14-17-6-4-5-7-19(17)22)21(25)15-23-12-10-16-13-18(26-2)8-9-20(16)23/h3-10,12-13H,1,11,14-15H2,2H3. The van der Waals surface area contributed by atoms with E-state index in [1.807, 2.05) is 35.0 Å². The van der Waals surface area contributed by atoms with Crippen molar-refractivity contribution in [2.45, 2.75) is 13.1 Å². The fraction of sp³-hybridized carbons (Fsp3) is 0.190. The average molecular weight is 352 g/mol. The Morgan fingerprint density at radius 1 is 1.27 bits per heavy atom. The van der Waals surface area contributed by atoms with Crippen LogP contribution in [0.1, 0.15) is 5.56 Å². The van der Waals surface area contributed by atoms with Gasteiger partial charge in [-0.1, -0.05) is 24.3 Å². The molecule has 1 aromatic heterocycles. The van der Waals surface area contributed by atoms with E-state index >= 15 is 0 Å². The van der Waals surface area contributed by atoms with Gasteiger partial charge in [0.1, 0.15) is 18.1 Å². The van der Waals surface area contributed by atoms with Crippen LogP contribution in [0.4, 0.5) is 4.39 Å². The zero-order chi connectivity index (χ0) is 18.5. The van der Waals surface area contributed by atoms with Gasteiger partial charge in [-0.05, 0) is 30.3 Å². The van der Waals surface area contributed by atoms with Crippen LogP contribution in [-0.4, -0.2) is 29.0 Å². The van der Waals surface area contributed by atoms with Gasteiger partial charge in [0, 0.05) is 35.8 Å². The molecule has 0 aliphatic carbocycles. The maximum atomic E-state index is 13.9. The number of rotatable bonds is 7. The number of carbonyl (C=O) groups excluding carboxylic acids is 1. The van der Waals surface area contributed by atoms with Crippen molar-refractivity contribution in [1.82, 2.24) is 9.47 Å². The number of carbonyl (C=O) groups is 1. The van der Waals surface area contributed by atoms with Crippen LogP contribution in [0.5, 0.6) is 5.75 Å². The molecular weight excluding hydrogens is 331 g/mol. The largest absolute Gasteiger partial charge is 0.497 e. The molecule has 2 aromatic carbocycles. The lowest BCUT2D eigenvalue weighted by atomic mass is 10.2. The maximum Gasteiger partial charge on any atom is 0.243 e. The van der Waals surface area contributed by atoms with Crippen LogP contribution in [0.25, 0.3) is 10.9 Å². The molecule has 4 nitrogen and oxygen atoms in total. The van der Waals surface area contributed by atoms with Crippen LogP contribution in [0, 0.1) is 5.82 Å². The van der Waals surface area contributed by atoms with E-state index < -0.39 is 0 Å². The van der Waals surface area contributed by atoms with Gasteiger partial charge in [-0.15, -0.1) is 6.58 Å². The Morgan fingerprint density at radius 3 is 2.81 bits per heavy atom. The summed E-state index contributed by atoms with van der Waals surface area (Å²) in [7, 11) is 1.62. The molecule has 1 amide bonds. The van der Waals surface area contributed by atoms with E-state index in [1.165, 1.54) is 6.07 Å². The van der Waals surface area contributed by atoms with Crippen molar-refractivity contribution >= 4 is 16.8 Å². The van der Waals surface area contributed by atoms with E-state index in [4.69, 9.17) is 4.74 Å². The van der Waals surface area contributed by atoms with E-state index in [2.05, 4.69) is 6.58 Å². The molecule has 0 radical (unpaired) electrons. The second-order valence-corrected chi connectivity index (χ2v) is 6.02. The highest BCUT2D eigenvalue weighted by atomic mass is 19.1. The first kappa shape index (κ1) is 17.7. The summed E-state index contributed by atoms with van der Waals surface area (Å²) in [6.45, 7) is 4.46. The van der Waals surface area contributed by atoms with E-state index in [1.54, 1.807) is 36.3 Å². The van der Waals surface area contributed by atoms with Crippen molar-refractivity contribution in [3.8, 4) is 5.75 Å². The third kappa shape index (κ3) is 3.77. The molecule has 0 N–H and O–H groups in total. The van der Waals surface area contributed by atoms with Gasteiger partial charge >= 0.3 is 0 Å². The maximum absolute atomic E-state index is 13.9. The molecule has 0 atom stereocenters. The quantitative estimate of drug-likeness (QED) is 0.602. The summed E-state index contributed by atoms with van der Waals surface area (Å²) in [6, 6.07) is 14.2. The van der Waals surface area contributed by atoms with Crippen LogP contribution in [-0.2, 0) is 17.9 Å². The van der Waals surface area contributed by atoms with E-state index in [9.17, 15) is 9.18 Å². The van der Waals surface area contributed by atoms with Crippen molar-refractivity contribution in [3.63, 3.8) is 0 Å². The number of amides is 1. The first-order chi connectivity index (χ1) is 12.6. The van der Waals surface area contributed by atoms with Gasteiger partial charge in [-0.2, -0.15) is 0 Å². The zero-order valence-electron chi connectivity index (χ0n) is 14.7. The van der Waals surface area contributed by atoms with Gasteiger partial charge in [0.2, 0.25) is 5.91 Å². The molecule has 0 spiro atoms. The van der Waals surface area contributed by atoms with Crippen LogP contribution >= 0.6 is 0 Å². The molecule has 0 aliphatic heterocycles. The Hall–Kier alpha value is -3.08. The van der Waals surface area contributed by atoms with Gasteiger partial charge in [0.15, 0.2) is 0 Å². The lowest BCUT2D eigenvalue weighted by Gasteiger charge is -2.22. The molecule has 3 aromatic rings. The Bertz CT molecular complexity index is 933. The van der Waals surface area contributed by atoms with Crippen LogP contribution in [0.15, 0.2) is 67.4 Å². The second-order valence-electron chi connectivity index (χ2n) is 6.02. The van der Waals surface area contributed by atoms with E-state index in [-0.39, 0.29) is 24.8 Å². The van der Waals surface area contributed by atoms with Gasteiger partial charge < -0.3 is 14.2 Å². The minimum absolute atomic E-state index is 0.0959. The van der Waals surface area contributed by atoms with Crippen molar-refractivity contribution in [1.29, 1.82) is 0 Å². The molecule has 0 bridgehead atoms. The van der Waals surface area contributed by atoms with Crippen LogP contribution in [0.3, 0.4) is 0 Å². The predicted molar refractivity (Wildman–Crippen MR) is 101 cm³/mol. The lowest BCUT2D eigenvalue weighted by molar-refractivity contribution is -0.131. The number of nitrogens with zero attached hydrogens (tertiary/aromatic N) is 2. The fourth-order valence-corrected chi connectivity index (χ4v) is 2.93. The van der Waals surface area contributed by atoms with Gasteiger partial charge in [-0.25, -0.2) is 4.39 Å². The molecule has 26 heavy (non-hydrogen) atoms. The highest BCUT2D eigenvalue weighted by molar-refractivity contribution is 5.84. The first-order valence-corrected chi connectivity index (χ1v) is 8.37. The van der Waals surface area contributed by atoms with Gasteiger partial charge in [0.05, 0.1) is 7.11 Å². The molecule has 0 saturated heterocycles. The van der Waals surface area contributed by atoms with E-state index in [0.717, 1.165) is 16.7 Å². The smallest absolute Gasteiger partial charge is 0.243 e. The number of hydrogen-bond donors (Lipinski definition) is 0. The molecule has 1 heterocycles. The molecular formula is C21H21FN2O2. The number of fused-ring (bicyclic) bond motifs is 1. The molecule has 3 rings (SSSR count). The summed E-state index contributed by atoms with van der Waals surface area (Å²) in [5, 5.41) is 1.00. The third-order valence-electron chi connectivity index (χ3n) is 4.31. The summed E-state index contributed by atoms with van der Waals surface area (Å²) in [5.41, 5.74) is 1.44. The molecule has 0 fully saturated rings. The van der Waals surface area contributed by atoms with Gasteiger partial charge in [0.25, 0.3) is 0 Å². The lowest BCUT2D eigenvalue weighted by Crippen LogP contribution is -2.33. The summed E-state index contributed by atoms with van der Waals surface area (Å²) in [5.74, 6) is 0.365. The molecule has 0 aliphatic rings. The number of benzene rings is 2. The van der Waals surface area contributed by atoms with Crippen molar-refractivity contribution in [3.05, 3.63) is 78.8 Å². The van der Waals surface area contributed by atoms with Crippen LogP contribution in [0.2, 0.25) is 0 Å². The van der Waals surface area contributed by atoms with Gasteiger partial charge in [-0.3, -0.25) is 4.79 Å². The average Bonchev–Trinajstić information content (AvgIpc) is 3.05. The fourth-order valence-electron chi connectivity index (χ4n) is 2.93. The summed E-state index contributed by atoms with van der Waals surface area (Å²) >= 11 is 0. The summed E-state index contributed by atoms with van der Waals surface area (Å²) in [4.78, 5) is 14.4. The Morgan fingerprint density at radius 2 is 2.08 bits per heavy atom. The molecule has 0 unspecified atom stereocenters. The van der Waals surface area contributed by atoms with Crippen molar-refractivity contribution in [2.75, 3.05) is 13.7 Å².